The molecule has 15 heavy (non-hydrogen) atoms. The molecule has 0 aromatic heterocycles. The molecule has 2 unspecified atom stereocenters. The van der Waals surface area contributed by atoms with Crippen molar-refractivity contribution in [3.63, 3.8) is 0 Å². The predicted octanol–water partition coefficient (Wildman–Crippen LogP) is 2.78. The van der Waals surface area contributed by atoms with Crippen LogP contribution in [-0.4, -0.2) is 6.54 Å². The molecule has 82 valence electrons. The summed E-state index contributed by atoms with van der Waals surface area (Å²) in [6, 6.07) is 9.10. The van der Waals surface area contributed by atoms with E-state index in [1.807, 2.05) is 0 Å². The monoisotopic (exact) mass is 203 g/mol. The molecule has 2 N–H and O–H groups in total. The smallest absolute Gasteiger partial charge is 0.00745 e. The Balaban J connectivity index is 1.84. The summed E-state index contributed by atoms with van der Waals surface area (Å²) in [6.45, 7) is 3.06. The minimum atomic E-state index is 0.857. The lowest BCUT2D eigenvalue weighted by molar-refractivity contribution is 0.650. The Kier molecular flexibility index (Phi) is 3.42. The molecular formula is C14H21N. The average Bonchev–Trinajstić information content (AvgIpc) is 2.98. The predicted molar refractivity (Wildman–Crippen MR) is 64.8 cm³/mol. The fourth-order valence-electron chi connectivity index (χ4n) is 2.34. The molecule has 0 bridgehead atoms. The Morgan fingerprint density at radius 2 is 1.80 bits per heavy atom. The summed E-state index contributed by atoms with van der Waals surface area (Å²) in [5, 5.41) is 0. The molecule has 0 heterocycles. The summed E-state index contributed by atoms with van der Waals surface area (Å²) < 4.78 is 0. The number of benzene rings is 1. The first-order chi connectivity index (χ1) is 7.33. The van der Waals surface area contributed by atoms with Gasteiger partial charge in [-0.1, -0.05) is 31.2 Å². The molecule has 0 saturated heterocycles. The van der Waals surface area contributed by atoms with Crippen LogP contribution in [0.5, 0.6) is 0 Å². The van der Waals surface area contributed by atoms with E-state index in [2.05, 4.69) is 31.2 Å². The van der Waals surface area contributed by atoms with E-state index in [-0.39, 0.29) is 0 Å². The van der Waals surface area contributed by atoms with Crippen LogP contribution < -0.4 is 5.73 Å². The van der Waals surface area contributed by atoms with Crippen molar-refractivity contribution < 1.29 is 0 Å². The third-order valence-corrected chi connectivity index (χ3v) is 3.54. The highest BCUT2D eigenvalue weighted by Crippen LogP contribution is 2.43. The summed E-state index contributed by atoms with van der Waals surface area (Å²) >= 11 is 0. The molecule has 2 atom stereocenters. The summed E-state index contributed by atoms with van der Waals surface area (Å²) in [6.07, 6.45) is 5.01. The number of nitrogens with two attached hydrogens (primary N) is 1. The second kappa shape index (κ2) is 4.80. The quantitative estimate of drug-likeness (QED) is 0.782. The minimum Gasteiger partial charge on any atom is -0.330 e. The lowest BCUT2D eigenvalue weighted by Gasteiger charge is -2.02. The molecule has 0 amide bonds. The van der Waals surface area contributed by atoms with E-state index in [1.54, 1.807) is 0 Å². The van der Waals surface area contributed by atoms with Crippen molar-refractivity contribution in [3.8, 4) is 0 Å². The van der Waals surface area contributed by atoms with Crippen molar-refractivity contribution in [2.45, 2.75) is 32.6 Å². The van der Waals surface area contributed by atoms with Gasteiger partial charge in [0.1, 0.15) is 0 Å². The highest BCUT2D eigenvalue weighted by molar-refractivity contribution is 5.23. The highest BCUT2D eigenvalue weighted by Gasteiger charge is 2.35. The van der Waals surface area contributed by atoms with Gasteiger partial charge >= 0.3 is 0 Å². The lowest BCUT2D eigenvalue weighted by atomic mass is 10.0. The molecule has 0 radical (unpaired) electrons. The van der Waals surface area contributed by atoms with E-state index in [1.165, 1.54) is 30.4 Å². The normalized spacial score (nSPS) is 24.1. The van der Waals surface area contributed by atoms with Crippen LogP contribution in [0.2, 0.25) is 0 Å². The van der Waals surface area contributed by atoms with Crippen LogP contribution >= 0.6 is 0 Å². The van der Waals surface area contributed by atoms with Crippen LogP contribution in [0.3, 0.4) is 0 Å². The van der Waals surface area contributed by atoms with Gasteiger partial charge in [0.2, 0.25) is 0 Å². The molecule has 1 aliphatic carbocycles. The number of hydrogen-bond donors (Lipinski definition) is 1. The number of hydrogen-bond acceptors (Lipinski definition) is 1. The third-order valence-electron chi connectivity index (χ3n) is 3.54. The van der Waals surface area contributed by atoms with Crippen molar-refractivity contribution in [3.05, 3.63) is 35.4 Å². The van der Waals surface area contributed by atoms with Crippen molar-refractivity contribution >= 4 is 0 Å². The van der Waals surface area contributed by atoms with Crippen LogP contribution in [0.4, 0.5) is 0 Å². The molecule has 2 rings (SSSR count). The number of aryl methyl sites for hydroxylation is 1. The Bertz CT molecular complexity index is 302. The largest absolute Gasteiger partial charge is 0.330 e. The average molecular weight is 203 g/mol. The molecule has 1 saturated carbocycles. The summed E-state index contributed by atoms with van der Waals surface area (Å²) in [4.78, 5) is 0. The fourth-order valence-corrected chi connectivity index (χ4v) is 2.34. The zero-order valence-corrected chi connectivity index (χ0v) is 9.58. The number of rotatable bonds is 5. The van der Waals surface area contributed by atoms with Gasteiger partial charge in [-0.3, -0.25) is 0 Å². The first kappa shape index (κ1) is 10.7. The maximum absolute atomic E-state index is 5.56. The van der Waals surface area contributed by atoms with Crippen LogP contribution in [0.25, 0.3) is 0 Å². The third kappa shape index (κ3) is 2.82. The van der Waals surface area contributed by atoms with Gasteiger partial charge in [-0.2, -0.15) is 0 Å². The fraction of sp³-hybridized carbons (Fsp3) is 0.571. The van der Waals surface area contributed by atoms with Crippen molar-refractivity contribution in [2.24, 2.45) is 17.6 Å². The van der Waals surface area contributed by atoms with Gasteiger partial charge < -0.3 is 5.73 Å². The van der Waals surface area contributed by atoms with Gasteiger partial charge in [0, 0.05) is 0 Å². The molecule has 1 nitrogen and oxygen atoms in total. The van der Waals surface area contributed by atoms with E-state index in [0.717, 1.165) is 24.8 Å². The minimum absolute atomic E-state index is 0.857. The lowest BCUT2D eigenvalue weighted by Crippen LogP contribution is -2.00. The molecule has 0 spiro atoms. The SMILES string of the molecule is CCc1ccc(CC2CC2CCN)cc1. The highest BCUT2D eigenvalue weighted by atomic mass is 14.5. The summed E-state index contributed by atoms with van der Waals surface area (Å²) in [7, 11) is 0. The molecule has 0 aliphatic heterocycles. The first-order valence-electron chi connectivity index (χ1n) is 6.11. The standard InChI is InChI=1S/C14H21N/c1-2-11-3-5-12(6-4-11)9-14-10-13(14)7-8-15/h3-6,13-14H,2,7-10,15H2,1H3. The Labute approximate surface area is 92.7 Å². The van der Waals surface area contributed by atoms with E-state index in [4.69, 9.17) is 5.73 Å². The van der Waals surface area contributed by atoms with Crippen molar-refractivity contribution in [1.82, 2.24) is 0 Å². The van der Waals surface area contributed by atoms with Crippen LogP contribution in [0.1, 0.15) is 30.9 Å². The maximum atomic E-state index is 5.56. The van der Waals surface area contributed by atoms with Gasteiger partial charge in [0.05, 0.1) is 0 Å². The van der Waals surface area contributed by atoms with E-state index in [9.17, 15) is 0 Å². The molecule has 1 fully saturated rings. The molecular weight excluding hydrogens is 182 g/mol. The second-order valence-electron chi connectivity index (χ2n) is 4.71. The van der Waals surface area contributed by atoms with E-state index in [0.29, 0.717) is 0 Å². The van der Waals surface area contributed by atoms with Gasteiger partial charge in [0.25, 0.3) is 0 Å². The molecule has 1 aromatic rings. The molecule has 1 aromatic carbocycles. The van der Waals surface area contributed by atoms with Crippen LogP contribution in [0, 0.1) is 11.8 Å². The molecule has 1 heteroatoms. The summed E-state index contributed by atoms with van der Waals surface area (Å²) in [5.41, 5.74) is 8.50. The Hall–Kier alpha value is -0.820. The van der Waals surface area contributed by atoms with Gasteiger partial charge in [0.15, 0.2) is 0 Å². The van der Waals surface area contributed by atoms with E-state index >= 15 is 0 Å². The van der Waals surface area contributed by atoms with Gasteiger partial charge in [-0.05, 0) is 55.2 Å². The zero-order valence-electron chi connectivity index (χ0n) is 9.58. The van der Waals surface area contributed by atoms with Crippen LogP contribution in [0.15, 0.2) is 24.3 Å². The first-order valence-corrected chi connectivity index (χ1v) is 6.11. The maximum Gasteiger partial charge on any atom is -0.00745 e. The zero-order chi connectivity index (χ0) is 10.7. The topological polar surface area (TPSA) is 26.0 Å². The van der Waals surface area contributed by atoms with Crippen LogP contribution in [-0.2, 0) is 12.8 Å². The van der Waals surface area contributed by atoms with Gasteiger partial charge in [-0.15, -0.1) is 0 Å². The second-order valence-corrected chi connectivity index (χ2v) is 4.71. The summed E-state index contributed by atoms with van der Waals surface area (Å²) in [5.74, 6) is 1.84. The Morgan fingerprint density at radius 1 is 1.13 bits per heavy atom. The molecule has 1 aliphatic rings. The Morgan fingerprint density at radius 3 is 2.40 bits per heavy atom. The van der Waals surface area contributed by atoms with Crippen molar-refractivity contribution in [1.29, 1.82) is 0 Å². The van der Waals surface area contributed by atoms with Crippen molar-refractivity contribution in [2.75, 3.05) is 6.54 Å². The van der Waals surface area contributed by atoms with E-state index < -0.39 is 0 Å². The van der Waals surface area contributed by atoms with Gasteiger partial charge in [-0.25, -0.2) is 0 Å².